The Bertz CT molecular complexity index is 844. The van der Waals surface area contributed by atoms with Gasteiger partial charge in [-0.25, -0.2) is 8.42 Å². The Morgan fingerprint density at radius 1 is 1.47 bits per heavy atom. The molecule has 0 spiro atoms. The number of thiophene rings is 1. The molecule has 1 N–H and O–H groups in total. The standard InChI is InChI=1S/C11H12N2O3S3/c14-10-8-3-4-18-9(8)12-11(17)13(10)7-2-1-5-19(15,16)6-7/h3-4,7H,1-2,5-6H2,(H,12,17). The van der Waals surface area contributed by atoms with Crippen molar-refractivity contribution in [1.29, 1.82) is 0 Å². The first kappa shape index (κ1) is 13.0. The first-order chi connectivity index (χ1) is 8.98. The third kappa shape index (κ3) is 2.28. The molecule has 3 heterocycles. The summed E-state index contributed by atoms with van der Waals surface area (Å²) in [4.78, 5) is 16.2. The topological polar surface area (TPSA) is 71.9 Å². The van der Waals surface area contributed by atoms with E-state index in [0.717, 1.165) is 4.83 Å². The number of hydrogen-bond donors (Lipinski definition) is 1. The second-order valence-corrected chi connectivity index (χ2v) is 8.21. The number of aromatic amines is 1. The molecule has 1 atom stereocenters. The van der Waals surface area contributed by atoms with Crippen LogP contribution in [-0.4, -0.2) is 29.5 Å². The van der Waals surface area contributed by atoms with Crippen LogP contribution in [0.3, 0.4) is 0 Å². The molecule has 0 amide bonds. The lowest BCUT2D eigenvalue weighted by Gasteiger charge is -2.23. The molecule has 0 aromatic carbocycles. The van der Waals surface area contributed by atoms with Gasteiger partial charge in [-0.05, 0) is 36.5 Å². The van der Waals surface area contributed by atoms with Gasteiger partial charge in [0.15, 0.2) is 14.6 Å². The molecule has 1 unspecified atom stereocenters. The highest BCUT2D eigenvalue weighted by atomic mass is 32.2. The minimum atomic E-state index is -3.07. The van der Waals surface area contributed by atoms with Gasteiger partial charge in [0.25, 0.3) is 5.56 Å². The van der Waals surface area contributed by atoms with Gasteiger partial charge in [0.1, 0.15) is 4.83 Å². The van der Waals surface area contributed by atoms with Gasteiger partial charge in [-0.15, -0.1) is 11.3 Å². The molecule has 19 heavy (non-hydrogen) atoms. The molecule has 1 saturated heterocycles. The van der Waals surface area contributed by atoms with E-state index in [1.165, 1.54) is 15.9 Å². The van der Waals surface area contributed by atoms with Gasteiger partial charge in [0.2, 0.25) is 0 Å². The smallest absolute Gasteiger partial charge is 0.263 e. The lowest BCUT2D eigenvalue weighted by molar-refractivity contribution is 0.454. The van der Waals surface area contributed by atoms with Gasteiger partial charge in [0.05, 0.1) is 22.9 Å². The summed E-state index contributed by atoms with van der Waals surface area (Å²) in [6.45, 7) is 0. The van der Waals surface area contributed by atoms with Crippen LogP contribution in [0.25, 0.3) is 10.2 Å². The number of rotatable bonds is 1. The highest BCUT2D eigenvalue weighted by molar-refractivity contribution is 7.91. The zero-order valence-corrected chi connectivity index (χ0v) is 12.4. The van der Waals surface area contributed by atoms with Crippen LogP contribution in [0.2, 0.25) is 0 Å². The highest BCUT2D eigenvalue weighted by Gasteiger charge is 2.27. The van der Waals surface area contributed by atoms with Crippen molar-refractivity contribution in [3.05, 3.63) is 26.6 Å². The quantitative estimate of drug-likeness (QED) is 0.815. The van der Waals surface area contributed by atoms with E-state index in [2.05, 4.69) is 4.98 Å². The van der Waals surface area contributed by atoms with Crippen molar-refractivity contribution < 1.29 is 8.42 Å². The van der Waals surface area contributed by atoms with Gasteiger partial charge in [-0.1, -0.05) is 0 Å². The summed E-state index contributed by atoms with van der Waals surface area (Å²) in [5, 5.41) is 2.39. The van der Waals surface area contributed by atoms with Crippen LogP contribution in [0.15, 0.2) is 16.2 Å². The molecule has 2 aromatic rings. The predicted molar refractivity (Wildman–Crippen MR) is 78.2 cm³/mol. The molecule has 2 aromatic heterocycles. The summed E-state index contributed by atoms with van der Waals surface area (Å²) in [7, 11) is -3.07. The Hall–Kier alpha value is -0.990. The summed E-state index contributed by atoms with van der Waals surface area (Å²) < 4.78 is 25.2. The summed E-state index contributed by atoms with van der Waals surface area (Å²) >= 11 is 6.62. The van der Waals surface area contributed by atoms with Crippen molar-refractivity contribution in [2.24, 2.45) is 0 Å². The Labute approximate surface area is 118 Å². The minimum absolute atomic E-state index is 0.0000302. The molecule has 0 saturated carbocycles. The van der Waals surface area contributed by atoms with E-state index in [4.69, 9.17) is 12.2 Å². The van der Waals surface area contributed by atoms with Crippen LogP contribution in [-0.2, 0) is 9.84 Å². The largest absolute Gasteiger partial charge is 0.323 e. The summed E-state index contributed by atoms with van der Waals surface area (Å²) in [5.41, 5.74) is -0.192. The van der Waals surface area contributed by atoms with Crippen LogP contribution < -0.4 is 5.56 Å². The lowest BCUT2D eigenvalue weighted by Crippen LogP contribution is -2.34. The Morgan fingerprint density at radius 2 is 2.26 bits per heavy atom. The number of aromatic nitrogens is 2. The highest BCUT2D eigenvalue weighted by Crippen LogP contribution is 2.23. The molecular weight excluding hydrogens is 304 g/mol. The van der Waals surface area contributed by atoms with E-state index in [1.54, 1.807) is 6.07 Å². The molecule has 1 aliphatic rings. The first-order valence-corrected chi connectivity index (χ1v) is 9.01. The Balaban J connectivity index is 2.20. The number of nitrogens with one attached hydrogen (secondary N) is 1. The van der Waals surface area contributed by atoms with E-state index < -0.39 is 9.84 Å². The van der Waals surface area contributed by atoms with E-state index in [9.17, 15) is 13.2 Å². The van der Waals surface area contributed by atoms with Crippen LogP contribution in [0.4, 0.5) is 0 Å². The number of H-pyrrole nitrogens is 1. The second-order valence-electron chi connectivity index (χ2n) is 4.68. The van der Waals surface area contributed by atoms with E-state index in [-0.39, 0.29) is 23.1 Å². The fraction of sp³-hybridized carbons (Fsp3) is 0.455. The van der Waals surface area contributed by atoms with Crippen LogP contribution in [0, 0.1) is 4.77 Å². The zero-order chi connectivity index (χ0) is 13.6. The fourth-order valence-electron chi connectivity index (χ4n) is 2.49. The van der Waals surface area contributed by atoms with Crippen molar-refractivity contribution in [3.63, 3.8) is 0 Å². The number of fused-ring (bicyclic) bond motifs is 1. The normalized spacial score (nSPS) is 22.6. The van der Waals surface area contributed by atoms with Crippen LogP contribution in [0.5, 0.6) is 0 Å². The average molecular weight is 316 g/mol. The maximum Gasteiger partial charge on any atom is 0.263 e. The predicted octanol–water partition coefficient (Wildman–Crippen LogP) is 1.87. The molecule has 1 fully saturated rings. The third-order valence-corrected chi connectivity index (χ3v) is 6.29. The first-order valence-electron chi connectivity index (χ1n) is 5.90. The van der Waals surface area contributed by atoms with Gasteiger partial charge in [-0.3, -0.25) is 9.36 Å². The van der Waals surface area contributed by atoms with Crippen molar-refractivity contribution in [2.75, 3.05) is 11.5 Å². The van der Waals surface area contributed by atoms with Crippen LogP contribution in [0.1, 0.15) is 18.9 Å². The van der Waals surface area contributed by atoms with Crippen molar-refractivity contribution in [2.45, 2.75) is 18.9 Å². The molecule has 102 valence electrons. The van der Waals surface area contributed by atoms with Gasteiger partial charge in [-0.2, -0.15) is 0 Å². The Kier molecular flexibility index (Phi) is 3.11. The van der Waals surface area contributed by atoms with E-state index in [0.29, 0.717) is 23.0 Å². The lowest BCUT2D eigenvalue weighted by atomic mass is 10.2. The number of sulfone groups is 1. The molecule has 0 radical (unpaired) electrons. The molecule has 0 bridgehead atoms. The number of hydrogen-bond acceptors (Lipinski definition) is 5. The third-order valence-electron chi connectivity index (χ3n) is 3.36. The Morgan fingerprint density at radius 3 is 3.00 bits per heavy atom. The number of nitrogens with zero attached hydrogens (tertiary/aromatic N) is 1. The SMILES string of the molecule is O=c1c2ccsc2[nH]c(=S)n1C1CCCS(=O)(=O)C1. The summed E-state index contributed by atoms with van der Waals surface area (Å²) in [6, 6.07) is 1.39. The van der Waals surface area contributed by atoms with Gasteiger partial charge in [0, 0.05) is 0 Å². The molecule has 0 aliphatic carbocycles. The second kappa shape index (κ2) is 4.53. The van der Waals surface area contributed by atoms with Gasteiger partial charge >= 0.3 is 0 Å². The maximum absolute atomic E-state index is 12.4. The zero-order valence-electron chi connectivity index (χ0n) is 9.96. The molecular formula is C11H12N2O3S3. The van der Waals surface area contributed by atoms with E-state index >= 15 is 0 Å². The summed E-state index contributed by atoms with van der Waals surface area (Å²) in [5.74, 6) is 0.204. The molecule has 5 nitrogen and oxygen atoms in total. The van der Waals surface area contributed by atoms with Crippen LogP contribution >= 0.6 is 23.6 Å². The molecule has 1 aliphatic heterocycles. The average Bonchev–Trinajstić information content (AvgIpc) is 2.76. The van der Waals surface area contributed by atoms with Crippen molar-refractivity contribution >= 4 is 43.6 Å². The van der Waals surface area contributed by atoms with Crippen molar-refractivity contribution in [3.8, 4) is 0 Å². The minimum Gasteiger partial charge on any atom is -0.323 e. The maximum atomic E-state index is 12.4. The monoisotopic (exact) mass is 316 g/mol. The van der Waals surface area contributed by atoms with E-state index in [1.807, 2.05) is 5.38 Å². The van der Waals surface area contributed by atoms with Crippen molar-refractivity contribution in [1.82, 2.24) is 9.55 Å². The fourth-order valence-corrected chi connectivity index (χ4v) is 5.34. The summed E-state index contributed by atoms with van der Waals surface area (Å²) in [6.07, 6.45) is 1.25. The molecule has 8 heteroatoms. The van der Waals surface area contributed by atoms with Gasteiger partial charge < -0.3 is 4.98 Å². The molecule has 3 rings (SSSR count).